The largest absolute Gasteiger partial charge is 0.392 e. The Hall–Kier alpha value is -0.800. The van der Waals surface area contributed by atoms with Crippen molar-refractivity contribution in [1.82, 2.24) is 0 Å². The van der Waals surface area contributed by atoms with Gasteiger partial charge in [0, 0.05) is 5.56 Å². The van der Waals surface area contributed by atoms with Gasteiger partial charge in [0.25, 0.3) is 0 Å². The van der Waals surface area contributed by atoms with Crippen molar-refractivity contribution < 1.29 is 5.11 Å². The Morgan fingerprint density at radius 1 is 1.45 bits per heavy atom. The van der Waals surface area contributed by atoms with E-state index < -0.39 is 0 Å². The predicted molar refractivity (Wildman–Crippen MR) is 48.2 cm³/mol. The minimum atomic E-state index is -0.0425. The quantitative estimate of drug-likeness (QED) is 0.348. The normalized spacial score (nSPS) is 9.64. The molecular weight excluding hydrogens is 158 g/mol. The zero-order valence-electron chi connectivity index (χ0n) is 5.91. The lowest BCUT2D eigenvalue weighted by Gasteiger charge is -2.02. The summed E-state index contributed by atoms with van der Waals surface area (Å²) < 4.78 is 0. The molecule has 0 unspecified atom stereocenters. The van der Waals surface area contributed by atoms with Crippen LogP contribution in [0.25, 0.3) is 0 Å². The second kappa shape index (κ2) is 3.55. The molecule has 0 aromatic heterocycles. The van der Waals surface area contributed by atoms with E-state index in [4.69, 9.17) is 10.5 Å². The molecule has 0 heterocycles. The lowest BCUT2D eigenvalue weighted by atomic mass is 10.1. The van der Waals surface area contributed by atoms with Crippen molar-refractivity contribution in [2.24, 2.45) is 0 Å². The molecule has 0 aliphatic heterocycles. The van der Waals surface area contributed by atoms with E-state index in [2.05, 4.69) is 12.6 Å². The second-order valence-electron chi connectivity index (χ2n) is 2.16. The highest BCUT2D eigenvalue weighted by Crippen LogP contribution is 2.10. The second-order valence-corrected chi connectivity index (χ2v) is 2.61. The summed E-state index contributed by atoms with van der Waals surface area (Å²) in [6, 6.07) is 7.19. The molecular formula is C8H9NOS. The average Bonchev–Trinajstić information content (AvgIpc) is 2.04. The third-order valence-electron chi connectivity index (χ3n) is 1.44. The van der Waals surface area contributed by atoms with Crippen LogP contribution in [0, 0.1) is 5.41 Å². The molecule has 0 bridgehead atoms. The van der Waals surface area contributed by atoms with E-state index in [0.29, 0.717) is 5.56 Å². The van der Waals surface area contributed by atoms with E-state index in [0.717, 1.165) is 5.56 Å². The SMILES string of the molecule is N=C(S)c1ccccc1CO. The maximum atomic E-state index is 8.84. The van der Waals surface area contributed by atoms with Crippen LogP contribution in [0.15, 0.2) is 24.3 Å². The summed E-state index contributed by atoms with van der Waals surface area (Å²) in [6.07, 6.45) is 0. The third kappa shape index (κ3) is 1.82. The Labute approximate surface area is 70.8 Å². The number of aliphatic hydroxyl groups is 1. The molecule has 0 spiro atoms. The van der Waals surface area contributed by atoms with Gasteiger partial charge in [0.2, 0.25) is 0 Å². The number of hydrogen-bond donors (Lipinski definition) is 3. The average molecular weight is 167 g/mol. The van der Waals surface area contributed by atoms with Crippen LogP contribution in [-0.2, 0) is 6.61 Å². The van der Waals surface area contributed by atoms with Gasteiger partial charge < -0.3 is 5.11 Å². The van der Waals surface area contributed by atoms with Crippen LogP contribution in [-0.4, -0.2) is 10.2 Å². The van der Waals surface area contributed by atoms with Gasteiger partial charge in [-0.2, -0.15) is 0 Å². The molecule has 0 atom stereocenters. The molecule has 3 heteroatoms. The van der Waals surface area contributed by atoms with Gasteiger partial charge in [-0.1, -0.05) is 24.3 Å². The molecule has 0 aliphatic rings. The van der Waals surface area contributed by atoms with Crippen molar-refractivity contribution in [2.45, 2.75) is 6.61 Å². The van der Waals surface area contributed by atoms with Gasteiger partial charge in [-0.05, 0) is 5.56 Å². The van der Waals surface area contributed by atoms with Gasteiger partial charge in [0.05, 0.1) is 11.7 Å². The van der Waals surface area contributed by atoms with Crippen LogP contribution in [0.5, 0.6) is 0 Å². The molecule has 2 nitrogen and oxygen atoms in total. The first-order valence-electron chi connectivity index (χ1n) is 3.22. The van der Waals surface area contributed by atoms with Crippen molar-refractivity contribution in [3.8, 4) is 0 Å². The van der Waals surface area contributed by atoms with Crippen LogP contribution >= 0.6 is 12.6 Å². The van der Waals surface area contributed by atoms with Crippen LogP contribution in [0.4, 0.5) is 0 Å². The summed E-state index contributed by atoms with van der Waals surface area (Å²) in [5, 5.41) is 16.3. The fraction of sp³-hybridized carbons (Fsp3) is 0.125. The Morgan fingerprint density at radius 3 is 2.55 bits per heavy atom. The first-order chi connectivity index (χ1) is 5.25. The van der Waals surface area contributed by atoms with E-state index in [1.54, 1.807) is 12.1 Å². The maximum absolute atomic E-state index is 8.84. The standard InChI is InChI=1S/C8H9NOS/c9-8(11)7-4-2-1-3-6(7)5-10/h1-4,10H,5H2,(H2,9,11). The summed E-state index contributed by atoms with van der Waals surface area (Å²) in [5.74, 6) is 0. The van der Waals surface area contributed by atoms with Crippen molar-refractivity contribution in [1.29, 1.82) is 5.41 Å². The van der Waals surface area contributed by atoms with Crippen molar-refractivity contribution in [3.63, 3.8) is 0 Å². The molecule has 0 amide bonds. The maximum Gasteiger partial charge on any atom is 0.0915 e. The first kappa shape index (κ1) is 8.30. The molecule has 0 aliphatic carbocycles. The highest BCUT2D eigenvalue weighted by Gasteiger charge is 2.01. The molecule has 1 rings (SSSR count). The third-order valence-corrected chi connectivity index (χ3v) is 1.68. The summed E-state index contributed by atoms with van der Waals surface area (Å²) >= 11 is 3.88. The number of benzene rings is 1. The fourth-order valence-electron chi connectivity index (χ4n) is 0.889. The van der Waals surface area contributed by atoms with Crippen molar-refractivity contribution in [3.05, 3.63) is 35.4 Å². The van der Waals surface area contributed by atoms with Crippen LogP contribution in [0.2, 0.25) is 0 Å². The summed E-state index contributed by atoms with van der Waals surface area (Å²) in [7, 11) is 0. The fourth-order valence-corrected chi connectivity index (χ4v) is 1.11. The van der Waals surface area contributed by atoms with E-state index in [1.807, 2.05) is 12.1 Å². The van der Waals surface area contributed by atoms with Crippen molar-refractivity contribution >= 4 is 17.7 Å². The van der Waals surface area contributed by atoms with Crippen molar-refractivity contribution in [2.75, 3.05) is 0 Å². The zero-order chi connectivity index (χ0) is 8.27. The Balaban J connectivity index is 3.12. The summed E-state index contributed by atoms with van der Waals surface area (Å²) in [6.45, 7) is -0.0425. The minimum absolute atomic E-state index is 0.0425. The monoisotopic (exact) mass is 167 g/mol. The molecule has 2 N–H and O–H groups in total. The lowest BCUT2D eigenvalue weighted by Crippen LogP contribution is -1.96. The highest BCUT2D eigenvalue weighted by molar-refractivity contribution is 7.97. The zero-order valence-corrected chi connectivity index (χ0v) is 6.81. The van der Waals surface area contributed by atoms with Gasteiger partial charge in [0.15, 0.2) is 0 Å². The lowest BCUT2D eigenvalue weighted by molar-refractivity contribution is 0.281. The van der Waals surface area contributed by atoms with E-state index in [1.165, 1.54) is 0 Å². The molecule has 0 saturated heterocycles. The highest BCUT2D eigenvalue weighted by atomic mass is 32.1. The van der Waals surface area contributed by atoms with Crippen LogP contribution in [0.3, 0.4) is 0 Å². The number of aliphatic hydroxyl groups excluding tert-OH is 1. The van der Waals surface area contributed by atoms with Gasteiger partial charge in [0.1, 0.15) is 0 Å². The van der Waals surface area contributed by atoms with Crippen LogP contribution in [0.1, 0.15) is 11.1 Å². The summed E-state index contributed by atoms with van der Waals surface area (Å²) in [5.41, 5.74) is 1.44. The number of rotatable bonds is 2. The number of nitrogens with one attached hydrogen (secondary N) is 1. The Kier molecular flexibility index (Phi) is 2.68. The molecule has 0 saturated carbocycles. The Morgan fingerprint density at radius 2 is 2.09 bits per heavy atom. The number of thiol groups is 1. The van der Waals surface area contributed by atoms with Crippen LogP contribution < -0.4 is 0 Å². The van der Waals surface area contributed by atoms with Gasteiger partial charge in [-0.15, -0.1) is 12.6 Å². The smallest absolute Gasteiger partial charge is 0.0915 e. The predicted octanol–water partition coefficient (Wildman–Crippen LogP) is 1.43. The Bertz CT molecular complexity index is 273. The van der Waals surface area contributed by atoms with Gasteiger partial charge in [-0.3, -0.25) is 5.41 Å². The molecule has 1 aromatic rings. The molecule has 0 fully saturated rings. The molecule has 1 aromatic carbocycles. The van der Waals surface area contributed by atoms with E-state index in [-0.39, 0.29) is 11.7 Å². The van der Waals surface area contributed by atoms with Gasteiger partial charge >= 0.3 is 0 Å². The topological polar surface area (TPSA) is 44.1 Å². The first-order valence-corrected chi connectivity index (χ1v) is 3.67. The molecule has 0 radical (unpaired) electrons. The van der Waals surface area contributed by atoms with E-state index >= 15 is 0 Å². The van der Waals surface area contributed by atoms with Gasteiger partial charge in [-0.25, -0.2) is 0 Å². The summed E-state index contributed by atoms with van der Waals surface area (Å²) in [4.78, 5) is 0. The van der Waals surface area contributed by atoms with E-state index in [9.17, 15) is 0 Å². The molecule has 58 valence electrons. The number of hydrogen-bond acceptors (Lipinski definition) is 2. The minimum Gasteiger partial charge on any atom is -0.392 e. The molecule has 11 heavy (non-hydrogen) atoms.